The Morgan fingerprint density at radius 1 is 0.545 bits per heavy atom. The molecule has 0 heteroatoms. The normalized spacial score (nSPS) is 12.7. The molecular weight excluding hydrogens is 264 g/mol. The fraction of sp³-hybridized carbons (Fsp3) is 0.955. The van der Waals surface area contributed by atoms with Crippen LogP contribution in [0.3, 0.4) is 0 Å². The van der Waals surface area contributed by atoms with Gasteiger partial charge in [-0.15, -0.1) is 0 Å². The van der Waals surface area contributed by atoms with Gasteiger partial charge in [0.05, 0.1) is 0 Å². The minimum atomic E-state index is 0.967. The molecule has 0 aromatic rings. The number of unbranched alkanes of at least 4 members (excludes halogenated alkanes) is 14. The average molecular weight is 310 g/mol. The van der Waals surface area contributed by atoms with Gasteiger partial charge in [0.25, 0.3) is 0 Å². The van der Waals surface area contributed by atoms with Gasteiger partial charge >= 0.3 is 0 Å². The quantitative estimate of drug-likeness (QED) is 0.223. The monoisotopic (exact) mass is 309 g/mol. The highest BCUT2D eigenvalue weighted by Crippen LogP contribution is 2.18. The van der Waals surface area contributed by atoms with E-state index in [0.717, 1.165) is 12.3 Å². The lowest BCUT2D eigenvalue weighted by molar-refractivity contribution is 0.431. The van der Waals surface area contributed by atoms with Gasteiger partial charge in [0.1, 0.15) is 0 Å². The van der Waals surface area contributed by atoms with Crippen LogP contribution in [0.5, 0.6) is 0 Å². The minimum Gasteiger partial charge on any atom is -0.0654 e. The highest BCUT2D eigenvalue weighted by Gasteiger charge is 2.02. The summed E-state index contributed by atoms with van der Waals surface area (Å²) in [6, 6.07) is 0. The molecule has 0 aromatic carbocycles. The fourth-order valence-corrected chi connectivity index (χ4v) is 3.32. The van der Waals surface area contributed by atoms with Crippen molar-refractivity contribution >= 4 is 0 Å². The summed E-state index contributed by atoms with van der Waals surface area (Å²) >= 11 is 0. The Morgan fingerprint density at radius 2 is 0.909 bits per heavy atom. The van der Waals surface area contributed by atoms with Crippen LogP contribution in [0.4, 0.5) is 0 Å². The summed E-state index contributed by atoms with van der Waals surface area (Å²) in [4.78, 5) is 0. The van der Waals surface area contributed by atoms with E-state index in [4.69, 9.17) is 0 Å². The van der Waals surface area contributed by atoms with Gasteiger partial charge in [0.15, 0.2) is 0 Å². The summed E-state index contributed by atoms with van der Waals surface area (Å²) in [7, 11) is 0. The molecule has 0 aromatic heterocycles. The molecule has 0 amide bonds. The summed E-state index contributed by atoms with van der Waals surface area (Å²) in [6.45, 7) is 8.67. The first-order chi connectivity index (χ1) is 10.8. The Kier molecular flexibility index (Phi) is 19.0. The number of rotatable bonds is 18. The Labute approximate surface area is 142 Å². The molecule has 1 radical (unpaired) electrons. The van der Waals surface area contributed by atoms with E-state index in [1.165, 1.54) is 109 Å². The maximum absolute atomic E-state index is 3.90. The predicted octanol–water partition coefficient (Wildman–Crippen LogP) is 8.50. The van der Waals surface area contributed by atoms with Crippen molar-refractivity contribution in [2.45, 2.75) is 129 Å². The molecule has 0 spiro atoms. The van der Waals surface area contributed by atoms with Crippen molar-refractivity contribution in [1.82, 2.24) is 0 Å². The molecule has 0 aliphatic carbocycles. The van der Waals surface area contributed by atoms with Gasteiger partial charge in [0, 0.05) is 0 Å². The third kappa shape index (κ3) is 18.1. The molecule has 0 heterocycles. The van der Waals surface area contributed by atoms with Crippen molar-refractivity contribution in [3.8, 4) is 0 Å². The zero-order chi connectivity index (χ0) is 16.3. The van der Waals surface area contributed by atoms with Crippen LogP contribution in [0.15, 0.2) is 0 Å². The molecular formula is C22H45. The van der Waals surface area contributed by atoms with Gasteiger partial charge in [-0.3, -0.25) is 0 Å². The molecule has 0 aliphatic rings. The predicted molar refractivity (Wildman–Crippen MR) is 103 cm³/mol. The molecule has 0 saturated carbocycles. The van der Waals surface area contributed by atoms with Gasteiger partial charge in [-0.25, -0.2) is 0 Å². The summed E-state index contributed by atoms with van der Waals surface area (Å²) < 4.78 is 0. The second-order valence-electron chi connectivity index (χ2n) is 7.49. The molecule has 0 saturated heterocycles. The van der Waals surface area contributed by atoms with Crippen LogP contribution in [0.2, 0.25) is 0 Å². The first-order valence-corrected chi connectivity index (χ1v) is 10.6. The molecule has 0 N–H and O–H groups in total. The average Bonchev–Trinajstić information content (AvgIpc) is 2.52. The zero-order valence-electron chi connectivity index (χ0n) is 16.0. The second kappa shape index (κ2) is 19.0. The lowest BCUT2D eigenvalue weighted by Gasteiger charge is -2.11. The molecule has 0 rings (SSSR count). The van der Waals surface area contributed by atoms with Crippen LogP contribution in [-0.4, -0.2) is 0 Å². The van der Waals surface area contributed by atoms with E-state index in [1.807, 2.05) is 0 Å². The van der Waals surface area contributed by atoms with Gasteiger partial charge < -0.3 is 0 Å². The molecule has 0 fully saturated rings. The Bertz CT molecular complexity index is 184. The van der Waals surface area contributed by atoms with E-state index in [0.29, 0.717) is 0 Å². The standard InChI is InChI=1S/C22H45/c1-4-6-8-10-12-13-14-15-17-19-21-22(3)20-18-16-11-9-7-5-2/h22H,1,4-21H2,2-3H3. The van der Waals surface area contributed by atoms with E-state index in [9.17, 15) is 0 Å². The van der Waals surface area contributed by atoms with Crippen molar-refractivity contribution in [3.05, 3.63) is 6.92 Å². The fourth-order valence-electron chi connectivity index (χ4n) is 3.32. The smallest absolute Gasteiger partial charge is 0.0443 e. The Morgan fingerprint density at radius 3 is 1.32 bits per heavy atom. The van der Waals surface area contributed by atoms with Crippen molar-refractivity contribution in [2.24, 2.45) is 5.92 Å². The van der Waals surface area contributed by atoms with Crippen molar-refractivity contribution in [2.75, 3.05) is 0 Å². The van der Waals surface area contributed by atoms with Crippen molar-refractivity contribution < 1.29 is 0 Å². The number of hydrogen-bond acceptors (Lipinski definition) is 0. The van der Waals surface area contributed by atoms with Crippen LogP contribution in [0, 0.1) is 12.8 Å². The highest BCUT2D eigenvalue weighted by atomic mass is 14.1. The molecule has 0 aliphatic heterocycles. The molecule has 133 valence electrons. The van der Waals surface area contributed by atoms with E-state index in [2.05, 4.69) is 20.8 Å². The van der Waals surface area contributed by atoms with Gasteiger partial charge in [-0.05, 0) is 5.92 Å². The Balaban J connectivity index is 3.10. The Hall–Kier alpha value is 0. The molecule has 0 nitrogen and oxygen atoms in total. The van der Waals surface area contributed by atoms with E-state index < -0.39 is 0 Å². The molecule has 1 atom stereocenters. The summed E-state index contributed by atoms with van der Waals surface area (Å²) in [5, 5.41) is 0. The third-order valence-electron chi connectivity index (χ3n) is 5.00. The summed E-state index contributed by atoms with van der Waals surface area (Å²) in [5.74, 6) is 0.967. The maximum Gasteiger partial charge on any atom is -0.0443 e. The zero-order valence-corrected chi connectivity index (χ0v) is 16.0. The van der Waals surface area contributed by atoms with Crippen LogP contribution >= 0.6 is 0 Å². The highest BCUT2D eigenvalue weighted by molar-refractivity contribution is 4.56. The van der Waals surface area contributed by atoms with Crippen molar-refractivity contribution in [3.63, 3.8) is 0 Å². The summed E-state index contributed by atoms with van der Waals surface area (Å²) in [6.07, 6.45) is 25.7. The second-order valence-corrected chi connectivity index (χ2v) is 7.49. The molecule has 22 heavy (non-hydrogen) atoms. The third-order valence-corrected chi connectivity index (χ3v) is 5.00. The lowest BCUT2D eigenvalue weighted by atomic mass is 9.96. The van der Waals surface area contributed by atoms with Crippen LogP contribution in [0.1, 0.15) is 129 Å². The topological polar surface area (TPSA) is 0 Å². The van der Waals surface area contributed by atoms with Crippen LogP contribution in [0.25, 0.3) is 0 Å². The van der Waals surface area contributed by atoms with Gasteiger partial charge in [-0.2, -0.15) is 0 Å². The van der Waals surface area contributed by atoms with E-state index >= 15 is 0 Å². The van der Waals surface area contributed by atoms with Gasteiger partial charge in [-0.1, -0.05) is 136 Å². The largest absolute Gasteiger partial charge is 0.0654 e. The van der Waals surface area contributed by atoms with Crippen LogP contribution < -0.4 is 0 Å². The summed E-state index contributed by atoms with van der Waals surface area (Å²) in [5.41, 5.74) is 0. The van der Waals surface area contributed by atoms with E-state index in [1.54, 1.807) is 0 Å². The SMILES string of the molecule is [CH2]CCCCCCCCCCCC(C)CCCCCCCC. The molecule has 1 unspecified atom stereocenters. The first-order valence-electron chi connectivity index (χ1n) is 10.6. The van der Waals surface area contributed by atoms with E-state index in [-0.39, 0.29) is 0 Å². The first kappa shape index (κ1) is 22.0. The lowest BCUT2D eigenvalue weighted by Crippen LogP contribution is -1.95. The maximum atomic E-state index is 3.90. The molecule has 0 bridgehead atoms. The van der Waals surface area contributed by atoms with Crippen molar-refractivity contribution in [1.29, 1.82) is 0 Å². The number of hydrogen-bond donors (Lipinski definition) is 0. The van der Waals surface area contributed by atoms with Gasteiger partial charge in [0.2, 0.25) is 0 Å². The van der Waals surface area contributed by atoms with Crippen LogP contribution in [-0.2, 0) is 0 Å². The minimum absolute atomic E-state index is 0.967.